The van der Waals surface area contributed by atoms with E-state index in [0.717, 1.165) is 42.4 Å². The smallest absolute Gasteiger partial charge is 0.166 e. The van der Waals surface area contributed by atoms with Crippen LogP contribution in [0.15, 0.2) is 54.6 Å². The van der Waals surface area contributed by atoms with Crippen molar-refractivity contribution in [3.63, 3.8) is 0 Å². The van der Waals surface area contributed by atoms with Crippen molar-refractivity contribution in [3.8, 4) is 11.1 Å². The Labute approximate surface area is 145 Å². The number of rotatable bonds is 3. The lowest BCUT2D eigenvalue weighted by Gasteiger charge is -2.37. The molecule has 2 heterocycles. The predicted octanol–water partition coefficient (Wildman–Crippen LogP) is 4.62. The highest BCUT2D eigenvalue weighted by molar-refractivity contribution is 7.86. The Bertz CT molecular complexity index is 752. The van der Waals surface area contributed by atoms with Gasteiger partial charge in [-0.05, 0) is 36.8 Å². The highest BCUT2D eigenvalue weighted by atomic mass is 32.2. The van der Waals surface area contributed by atoms with E-state index in [1.807, 2.05) is 42.5 Å². The molecule has 24 heavy (non-hydrogen) atoms. The topological polar surface area (TPSA) is 34.1 Å². The summed E-state index contributed by atoms with van der Waals surface area (Å²) >= 11 is 0. The van der Waals surface area contributed by atoms with Crippen molar-refractivity contribution >= 4 is 16.6 Å². The van der Waals surface area contributed by atoms with Crippen molar-refractivity contribution in [2.75, 3.05) is 0 Å². The second kappa shape index (κ2) is 6.64. The first kappa shape index (κ1) is 15.8. The minimum Gasteiger partial charge on any atom is -0.294 e. The highest BCUT2D eigenvalue weighted by Gasteiger charge is 2.40. The van der Waals surface area contributed by atoms with Crippen LogP contribution in [-0.2, 0) is 10.8 Å². The van der Waals surface area contributed by atoms with E-state index >= 15 is 0 Å². The molecule has 0 amide bonds. The van der Waals surface area contributed by atoms with Crippen molar-refractivity contribution in [1.29, 1.82) is 0 Å². The summed E-state index contributed by atoms with van der Waals surface area (Å²) in [5.74, 6) is 0.269. The largest absolute Gasteiger partial charge is 0.294 e. The van der Waals surface area contributed by atoms with Gasteiger partial charge in [-0.3, -0.25) is 9.00 Å². The van der Waals surface area contributed by atoms with E-state index < -0.39 is 10.8 Å². The summed E-state index contributed by atoms with van der Waals surface area (Å²) in [6.45, 7) is 0. The van der Waals surface area contributed by atoms with Gasteiger partial charge in [-0.25, -0.2) is 0 Å². The van der Waals surface area contributed by atoms with Crippen LogP contribution in [0.2, 0.25) is 0 Å². The molecule has 0 radical (unpaired) electrons. The Morgan fingerprint density at radius 1 is 0.875 bits per heavy atom. The van der Waals surface area contributed by atoms with Gasteiger partial charge in [0.2, 0.25) is 0 Å². The molecule has 2 aromatic rings. The van der Waals surface area contributed by atoms with Crippen LogP contribution in [0.1, 0.15) is 42.5 Å². The van der Waals surface area contributed by atoms with E-state index in [2.05, 4.69) is 12.1 Å². The fraction of sp³-hybridized carbons (Fsp3) is 0.381. The van der Waals surface area contributed by atoms with Crippen LogP contribution < -0.4 is 0 Å². The minimum absolute atomic E-state index is 0.0304. The zero-order valence-corrected chi connectivity index (χ0v) is 14.5. The monoisotopic (exact) mass is 338 g/mol. The first-order valence-electron chi connectivity index (χ1n) is 8.82. The maximum Gasteiger partial charge on any atom is 0.166 e. The average Bonchev–Trinajstić information content (AvgIpc) is 2.62. The number of hydrogen-bond donors (Lipinski definition) is 0. The van der Waals surface area contributed by atoms with Gasteiger partial charge in [0.15, 0.2) is 5.78 Å². The highest BCUT2D eigenvalue weighted by Crippen LogP contribution is 2.39. The Kier molecular flexibility index (Phi) is 4.36. The lowest BCUT2D eigenvalue weighted by atomic mass is 9.82. The van der Waals surface area contributed by atoms with Crippen LogP contribution in [-0.4, -0.2) is 20.5 Å². The minimum atomic E-state index is -0.723. The maximum absolute atomic E-state index is 13.2. The first-order valence-corrected chi connectivity index (χ1v) is 10.1. The predicted molar refractivity (Wildman–Crippen MR) is 98.5 cm³/mol. The molecular formula is C21H22O2S. The number of ketones is 1. The van der Waals surface area contributed by atoms with Gasteiger partial charge < -0.3 is 0 Å². The zero-order valence-electron chi connectivity index (χ0n) is 13.7. The van der Waals surface area contributed by atoms with Gasteiger partial charge in [0.1, 0.15) is 0 Å². The van der Waals surface area contributed by atoms with Crippen molar-refractivity contribution in [2.24, 2.45) is 5.92 Å². The molecule has 2 aromatic carbocycles. The number of fused-ring (bicyclic) bond motifs is 2. The Morgan fingerprint density at radius 2 is 1.50 bits per heavy atom. The molecule has 2 aliphatic rings. The van der Waals surface area contributed by atoms with Crippen LogP contribution in [0.5, 0.6) is 0 Å². The van der Waals surface area contributed by atoms with Gasteiger partial charge >= 0.3 is 0 Å². The van der Waals surface area contributed by atoms with Crippen LogP contribution in [0, 0.1) is 5.92 Å². The van der Waals surface area contributed by atoms with Crippen molar-refractivity contribution in [1.82, 2.24) is 0 Å². The van der Waals surface area contributed by atoms with Gasteiger partial charge in [0, 0.05) is 32.8 Å². The third-order valence-corrected chi connectivity index (χ3v) is 7.62. The molecule has 2 fully saturated rings. The van der Waals surface area contributed by atoms with E-state index in [-0.39, 0.29) is 22.2 Å². The van der Waals surface area contributed by atoms with Crippen molar-refractivity contribution < 1.29 is 9.00 Å². The second-order valence-electron chi connectivity index (χ2n) is 6.95. The van der Waals surface area contributed by atoms with Gasteiger partial charge in [-0.15, -0.1) is 0 Å². The number of hydrogen-bond acceptors (Lipinski definition) is 2. The molecular weight excluding hydrogens is 316 g/mol. The Balaban J connectivity index is 1.65. The van der Waals surface area contributed by atoms with E-state index in [1.165, 1.54) is 6.42 Å². The molecule has 3 heteroatoms. The molecule has 2 bridgehead atoms. The van der Waals surface area contributed by atoms with Gasteiger partial charge in [0.25, 0.3) is 0 Å². The summed E-state index contributed by atoms with van der Waals surface area (Å²) in [4.78, 5) is 13.2. The van der Waals surface area contributed by atoms with E-state index in [0.29, 0.717) is 0 Å². The summed E-state index contributed by atoms with van der Waals surface area (Å²) in [6, 6.07) is 18.0. The summed E-state index contributed by atoms with van der Waals surface area (Å²) in [7, 11) is -0.723. The molecule has 2 nitrogen and oxygen atoms in total. The van der Waals surface area contributed by atoms with Crippen molar-refractivity contribution in [3.05, 3.63) is 60.2 Å². The number of carbonyl (C=O) groups is 1. The Morgan fingerprint density at radius 3 is 2.21 bits per heavy atom. The number of benzene rings is 2. The average molecular weight is 338 g/mol. The number of carbonyl (C=O) groups excluding carboxylic acids is 1. The molecule has 2 aliphatic heterocycles. The molecule has 0 aliphatic carbocycles. The zero-order chi connectivity index (χ0) is 16.5. The molecule has 4 rings (SSSR count). The number of Topliss-reactive ketones (excluding diaryl/α,β-unsaturated/α-hetero) is 1. The first-order chi connectivity index (χ1) is 11.7. The summed E-state index contributed by atoms with van der Waals surface area (Å²) in [5, 5.41) is 0.464. The van der Waals surface area contributed by atoms with Gasteiger partial charge in [0.05, 0.1) is 0 Å². The molecule has 2 saturated heterocycles. The van der Waals surface area contributed by atoms with E-state index in [1.54, 1.807) is 0 Å². The molecule has 124 valence electrons. The molecule has 0 aromatic heterocycles. The fourth-order valence-corrected chi connectivity index (χ4v) is 6.42. The van der Waals surface area contributed by atoms with Gasteiger partial charge in [-0.2, -0.15) is 0 Å². The third kappa shape index (κ3) is 2.86. The van der Waals surface area contributed by atoms with E-state index in [9.17, 15) is 9.00 Å². The quantitative estimate of drug-likeness (QED) is 0.766. The molecule has 2 unspecified atom stereocenters. The standard InChI is InChI=1S/C21H22O2S/c22-21(16-13-17-9-6-10-18(14-16)24(17)23)20-12-5-4-11-19(20)15-7-2-1-3-8-15/h1-5,7-8,11-12,16-18H,6,9-10,13-14H2. The maximum atomic E-state index is 13.2. The van der Waals surface area contributed by atoms with Crippen LogP contribution in [0.25, 0.3) is 11.1 Å². The molecule has 2 atom stereocenters. The molecule has 0 saturated carbocycles. The van der Waals surface area contributed by atoms with E-state index in [4.69, 9.17) is 0 Å². The SMILES string of the molecule is O=C(c1ccccc1-c1ccccc1)C1CC2CCCC(C1)S2=O. The molecule has 0 spiro atoms. The summed E-state index contributed by atoms with van der Waals surface area (Å²) in [5.41, 5.74) is 2.92. The van der Waals surface area contributed by atoms with Crippen molar-refractivity contribution in [2.45, 2.75) is 42.6 Å². The third-order valence-electron chi connectivity index (χ3n) is 5.45. The van der Waals surface area contributed by atoms with Crippen LogP contribution in [0.4, 0.5) is 0 Å². The van der Waals surface area contributed by atoms with Gasteiger partial charge in [-0.1, -0.05) is 61.0 Å². The fourth-order valence-electron chi connectivity index (χ4n) is 4.24. The lowest BCUT2D eigenvalue weighted by Crippen LogP contribution is -2.41. The van der Waals surface area contributed by atoms with Crippen LogP contribution >= 0.6 is 0 Å². The lowest BCUT2D eigenvalue weighted by molar-refractivity contribution is 0.0896. The Hall–Kier alpha value is -1.74. The summed E-state index contributed by atoms with van der Waals surface area (Å²) in [6.07, 6.45) is 4.80. The van der Waals surface area contributed by atoms with Crippen LogP contribution in [0.3, 0.4) is 0 Å². The normalized spacial score (nSPS) is 29.2. The second-order valence-corrected chi connectivity index (χ2v) is 8.94. The molecule has 0 N–H and O–H groups in total. The summed E-state index contributed by atoms with van der Waals surface area (Å²) < 4.78 is 12.4.